The van der Waals surface area contributed by atoms with Gasteiger partial charge in [0.2, 0.25) is 0 Å². The van der Waals surface area contributed by atoms with Crippen molar-refractivity contribution in [2.24, 2.45) is 0 Å². The van der Waals surface area contributed by atoms with Crippen molar-refractivity contribution in [3.63, 3.8) is 0 Å². The minimum Gasteiger partial charge on any atom is -0.508 e. The monoisotopic (exact) mass is 178 g/mol. The fourth-order valence-electron chi connectivity index (χ4n) is 1.28. The van der Waals surface area contributed by atoms with Crippen LogP contribution in [0.25, 0.3) is 10.8 Å². The predicted molar refractivity (Wildman–Crippen MR) is 47.2 cm³/mol. The zero-order valence-electron chi connectivity index (χ0n) is 6.66. The molecule has 0 bridgehead atoms. The molecule has 0 unspecified atom stereocenters. The summed E-state index contributed by atoms with van der Waals surface area (Å²) >= 11 is 0. The van der Waals surface area contributed by atoms with Crippen LogP contribution in [0, 0.1) is 5.82 Å². The number of fused-ring (bicyclic) bond motifs is 1. The second kappa shape index (κ2) is 2.62. The maximum Gasteiger partial charge on any atom is 0.131 e. The first-order valence-corrected chi connectivity index (χ1v) is 3.78. The van der Waals surface area contributed by atoms with Crippen LogP contribution in [-0.2, 0) is 0 Å². The van der Waals surface area contributed by atoms with Gasteiger partial charge in [0.15, 0.2) is 0 Å². The summed E-state index contributed by atoms with van der Waals surface area (Å²) in [5.41, 5.74) is 0. The van der Waals surface area contributed by atoms with E-state index in [-0.39, 0.29) is 11.5 Å². The number of hydrogen-bond acceptors (Lipinski definition) is 2. The third-order valence-electron chi connectivity index (χ3n) is 1.92. The van der Waals surface area contributed by atoms with E-state index in [0.717, 1.165) is 0 Å². The van der Waals surface area contributed by atoms with Gasteiger partial charge in [-0.2, -0.15) is 0 Å². The number of halogens is 1. The molecular weight excluding hydrogens is 171 g/mol. The van der Waals surface area contributed by atoms with Gasteiger partial charge in [-0.1, -0.05) is 0 Å². The molecule has 0 aliphatic heterocycles. The quantitative estimate of drug-likeness (QED) is 0.650. The molecule has 66 valence electrons. The molecule has 0 aromatic heterocycles. The molecule has 2 nitrogen and oxygen atoms in total. The van der Waals surface area contributed by atoms with Gasteiger partial charge in [-0.25, -0.2) is 4.39 Å². The van der Waals surface area contributed by atoms with Crippen LogP contribution in [0.3, 0.4) is 0 Å². The van der Waals surface area contributed by atoms with Gasteiger partial charge in [-0.3, -0.25) is 0 Å². The largest absolute Gasteiger partial charge is 0.508 e. The van der Waals surface area contributed by atoms with Crippen LogP contribution in [0.5, 0.6) is 11.5 Å². The van der Waals surface area contributed by atoms with E-state index in [4.69, 9.17) is 5.11 Å². The van der Waals surface area contributed by atoms with Crippen molar-refractivity contribution in [3.05, 3.63) is 36.1 Å². The second-order valence-electron chi connectivity index (χ2n) is 2.80. The minimum absolute atomic E-state index is 0.00778. The van der Waals surface area contributed by atoms with Crippen molar-refractivity contribution in [2.45, 2.75) is 0 Å². The highest BCUT2D eigenvalue weighted by molar-refractivity contribution is 5.89. The van der Waals surface area contributed by atoms with Crippen LogP contribution >= 0.6 is 0 Å². The molecule has 13 heavy (non-hydrogen) atoms. The van der Waals surface area contributed by atoms with Gasteiger partial charge in [-0.05, 0) is 30.3 Å². The summed E-state index contributed by atoms with van der Waals surface area (Å²) in [4.78, 5) is 0. The molecule has 0 fully saturated rings. The molecule has 3 heteroatoms. The molecule has 0 aliphatic rings. The molecule has 0 atom stereocenters. The Morgan fingerprint density at radius 1 is 0.923 bits per heavy atom. The summed E-state index contributed by atoms with van der Waals surface area (Å²) in [6.07, 6.45) is 0. The topological polar surface area (TPSA) is 40.5 Å². The summed E-state index contributed by atoms with van der Waals surface area (Å²) in [5, 5.41) is 19.1. The second-order valence-corrected chi connectivity index (χ2v) is 2.80. The Balaban J connectivity index is 2.92. The van der Waals surface area contributed by atoms with E-state index in [1.165, 1.54) is 30.3 Å². The maximum absolute atomic E-state index is 13.1. The number of phenols is 2. The Bertz CT molecular complexity index is 466. The van der Waals surface area contributed by atoms with E-state index in [1.807, 2.05) is 0 Å². The average molecular weight is 178 g/mol. The Labute approximate surface area is 73.9 Å². The van der Waals surface area contributed by atoms with E-state index in [2.05, 4.69) is 0 Å². The number of rotatable bonds is 0. The highest BCUT2D eigenvalue weighted by atomic mass is 19.1. The van der Waals surface area contributed by atoms with Crippen LogP contribution in [0.1, 0.15) is 0 Å². The van der Waals surface area contributed by atoms with Gasteiger partial charge >= 0.3 is 0 Å². The molecule has 2 aromatic carbocycles. The molecule has 2 N–H and O–H groups in total. The first-order valence-electron chi connectivity index (χ1n) is 3.78. The van der Waals surface area contributed by atoms with Crippen LogP contribution in [0.15, 0.2) is 30.3 Å². The summed E-state index contributed by atoms with van der Waals surface area (Å²) in [6, 6.07) is 6.59. The van der Waals surface area contributed by atoms with Crippen molar-refractivity contribution >= 4 is 10.8 Å². The average Bonchev–Trinajstić information content (AvgIpc) is 2.12. The normalized spacial score (nSPS) is 10.5. The first kappa shape index (κ1) is 7.86. The number of hydrogen-bond donors (Lipinski definition) is 2. The standard InChI is InChI=1S/C10H7FO2/c11-9-3-4-10(13)8-5-6(12)1-2-7(8)9/h1-5,12-13H. The third kappa shape index (κ3) is 1.18. The number of aromatic hydroxyl groups is 2. The van der Waals surface area contributed by atoms with Gasteiger partial charge in [0.05, 0.1) is 0 Å². The van der Waals surface area contributed by atoms with Crippen LogP contribution in [0.2, 0.25) is 0 Å². The summed E-state index contributed by atoms with van der Waals surface area (Å²) in [7, 11) is 0. The number of benzene rings is 2. The lowest BCUT2D eigenvalue weighted by Crippen LogP contribution is -1.79. The van der Waals surface area contributed by atoms with Crippen molar-refractivity contribution in [1.82, 2.24) is 0 Å². The summed E-state index contributed by atoms with van der Waals surface area (Å²) in [5.74, 6) is -0.437. The van der Waals surface area contributed by atoms with Crippen molar-refractivity contribution < 1.29 is 14.6 Å². The van der Waals surface area contributed by atoms with Crippen LogP contribution in [0.4, 0.5) is 4.39 Å². The smallest absolute Gasteiger partial charge is 0.131 e. The van der Waals surface area contributed by atoms with E-state index in [0.29, 0.717) is 10.8 Å². The van der Waals surface area contributed by atoms with E-state index in [9.17, 15) is 9.50 Å². The molecule has 2 rings (SSSR count). The Morgan fingerprint density at radius 2 is 1.69 bits per heavy atom. The van der Waals surface area contributed by atoms with E-state index >= 15 is 0 Å². The highest BCUT2D eigenvalue weighted by Crippen LogP contribution is 2.29. The molecule has 0 radical (unpaired) electrons. The zero-order chi connectivity index (χ0) is 9.42. The number of phenolic OH excluding ortho intramolecular Hbond substituents is 2. The van der Waals surface area contributed by atoms with Gasteiger partial charge in [-0.15, -0.1) is 0 Å². The molecule has 2 aromatic rings. The summed E-state index contributed by atoms with van der Waals surface area (Å²) in [6.45, 7) is 0. The minimum atomic E-state index is -0.409. The summed E-state index contributed by atoms with van der Waals surface area (Å²) < 4.78 is 13.1. The Hall–Kier alpha value is -1.77. The molecule has 0 amide bonds. The van der Waals surface area contributed by atoms with Crippen molar-refractivity contribution in [3.8, 4) is 11.5 Å². The fraction of sp³-hybridized carbons (Fsp3) is 0. The highest BCUT2D eigenvalue weighted by Gasteiger charge is 2.04. The first-order chi connectivity index (χ1) is 6.18. The predicted octanol–water partition coefficient (Wildman–Crippen LogP) is 2.39. The lowest BCUT2D eigenvalue weighted by molar-refractivity contribution is 0.471. The van der Waals surface area contributed by atoms with Gasteiger partial charge < -0.3 is 10.2 Å². The fourth-order valence-corrected chi connectivity index (χ4v) is 1.28. The zero-order valence-corrected chi connectivity index (χ0v) is 6.66. The molecule has 0 aliphatic carbocycles. The van der Waals surface area contributed by atoms with Gasteiger partial charge in [0.25, 0.3) is 0 Å². The SMILES string of the molecule is Oc1ccc2c(F)ccc(O)c2c1. The van der Waals surface area contributed by atoms with Crippen molar-refractivity contribution in [2.75, 3.05) is 0 Å². The molecule has 0 heterocycles. The maximum atomic E-state index is 13.1. The molecular formula is C10H7FO2. The lowest BCUT2D eigenvalue weighted by atomic mass is 10.1. The van der Waals surface area contributed by atoms with E-state index < -0.39 is 5.82 Å². The Morgan fingerprint density at radius 3 is 2.46 bits per heavy atom. The van der Waals surface area contributed by atoms with E-state index in [1.54, 1.807) is 0 Å². The van der Waals surface area contributed by atoms with Gasteiger partial charge in [0, 0.05) is 10.8 Å². The van der Waals surface area contributed by atoms with Crippen LogP contribution < -0.4 is 0 Å². The van der Waals surface area contributed by atoms with Crippen molar-refractivity contribution in [1.29, 1.82) is 0 Å². The molecule has 0 saturated carbocycles. The van der Waals surface area contributed by atoms with Gasteiger partial charge in [0.1, 0.15) is 17.3 Å². The van der Waals surface area contributed by atoms with Crippen LogP contribution in [-0.4, -0.2) is 10.2 Å². The Kier molecular flexibility index (Phi) is 1.59. The lowest BCUT2D eigenvalue weighted by Gasteiger charge is -2.02. The molecule has 0 saturated heterocycles. The third-order valence-corrected chi connectivity index (χ3v) is 1.92. The molecule has 0 spiro atoms.